The molecule has 0 bridgehead atoms. The summed E-state index contributed by atoms with van der Waals surface area (Å²) in [6, 6.07) is 15.6. The summed E-state index contributed by atoms with van der Waals surface area (Å²) in [6.45, 7) is 0.453. The van der Waals surface area contributed by atoms with Crippen LogP contribution in [0.25, 0.3) is 21.9 Å². The van der Waals surface area contributed by atoms with Crippen molar-refractivity contribution in [2.75, 3.05) is 0 Å². The number of benzene rings is 2. The first-order valence-electron chi connectivity index (χ1n) is 7.97. The van der Waals surface area contributed by atoms with Crippen LogP contribution in [-0.2, 0) is 11.3 Å². The number of carbonyl (C=O) groups excluding carboxylic acids is 1. The Bertz CT molecular complexity index is 1060. The second kappa shape index (κ2) is 6.56. The molecule has 0 atom stereocenters. The van der Waals surface area contributed by atoms with Gasteiger partial charge in [0.25, 0.3) is 0 Å². The van der Waals surface area contributed by atoms with Gasteiger partial charge in [0.15, 0.2) is 0 Å². The molecule has 2 aromatic heterocycles. The van der Waals surface area contributed by atoms with Crippen LogP contribution in [0.15, 0.2) is 59.8 Å². The van der Waals surface area contributed by atoms with E-state index in [0.29, 0.717) is 6.54 Å². The SMILES string of the molecule is O=C(CCn1nnc2ccccc21)N/N=C\c1c[nH]c2ccccc12. The highest BCUT2D eigenvalue weighted by atomic mass is 16.2. The van der Waals surface area contributed by atoms with Gasteiger partial charge in [-0.1, -0.05) is 35.5 Å². The zero-order valence-corrected chi connectivity index (χ0v) is 13.4. The fourth-order valence-corrected chi connectivity index (χ4v) is 2.72. The summed E-state index contributed by atoms with van der Waals surface area (Å²) in [5, 5.41) is 13.2. The van der Waals surface area contributed by atoms with E-state index < -0.39 is 0 Å². The maximum Gasteiger partial charge on any atom is 0.241 e. The lowest BCUT2D eigenvalue weighted by atomic mass is 10.2. The van der Waals surface area contributed by atoms with Crippen molar-refractivity contribution in [3.63, 3.8) is 0 Å². The fraction of sp³-hybridized carbons (Fsp3) is 0.111. The summed E-state index contributed by atoms with van der Waals surface area (Å²) in [4.78, 5) is 15.1. The number of para-hydroxylation sites is 2. The van der Waals surface area contributed by atoms with Crippen LogP contribution in [0.3, 0.4) is 0 Å². The molecule has 124 valence electrons. The summed E-state index contributed by atoms with van der Waals surface area (Å²) >= 11 is 0. The highest BCUT2D eigenvalue weighted by molar-refractivity contribution is 5.99. The number of nitrogens with zero attached hydrogens (tertiary/aromatic N) is 4. The van der Waals surface area contributed by atoms with Crippen molar-refractivity contribution in [1.82, 2.24) is 25.4 Å². The van der Waals surface area contributed by atoms with Crippen LogP contribution in [0, 0.1) is 0 Å². The number of fused-ring (bicyclic) bond motifs is 2. The first kappa shape index (κ1) is 15.1. The summed E-state index contributed by atoms with van der Waals surface area (Å²) in [5.41, 5.74) is 6.25. The van der Waals surface area contributed by atoms with E-state index in [9.17, 15) is 4.79 Å². The van der Waals surface area contributed by atoms with Crippen LogP contribution in [0.5, 0.6) is 0 Å². The van der Waals surface area contributed by atoms with Crippen molar-refractivity contribution in [3.05, 3.63) is 60.3 Å². The van der Waals surface area contributed by atoms with Crippen molar-refractivity contribution in [1.29, 1.82) is 0 Å². The molecule has 2 aromatic carbocycles. The number of hydrogen-bond acceptors (Lipinski definition) is 4. The largest absolute Gasteiger partial charge is 0.361 e. The quantitative estimate of drug-likeness (QED) is 0.435. The Labute approximate surface area is 143 Å². The Balaban J connectivity index is 1.36. The third-order valence-corrected chi connectivity index (χ3v) is 3.99. The number of hydrazone groups is 1. The van der Waals surface area contributed by atoms with Gasteiger partial charge in [-0.05, 0) is 18.2 Å². The van der Waals surface area contributed by atoms with E-state index in [4.69, 9.17) is 0 Å². The second-order valence-corrected chi connectivity index (χ2v) is 5.63. The minimum Gasteiger partial charge on any atom is -0.361 e. The van der Waals surface area contributed by atoms with Gasteiger partial charge in [0, 0.05) is 29.1 Å². The van der Waals surface area contributed by atoms with Crippen molar-refractivity contribution >= 4 is 34.1 Å². The number of amides is 1. The van der Waals surface area contributed by atoms with E-state index >= 15 is 0 Å². The molecule has 25 heavy (non-hydrogen) atoms. The van der Waals surface area contributed by atoms with Gasteiger partial charge in [-0.15, -0.1) is 5.10 Å². The molecule has 2 heterocycles. The lowest BCUT2D eigenvalue weighted by molar-refractivity contribution is -0.121. The van der Waals surface area contributed by atoms with Crippen LogP contribution in [0.2, 0.25) is 0 Å². The molecule has 7 nitrogen and oxygen atoms in total. The average molecular weight is 332 g/mol. The third kappa shape index (κ3) is 3.12. The average Bonchev–Trinajstić information content (AvgIpc) is 3.24. The molecule has 0 saturated carbocycles. The smallest absolute Gasteiger partial charge is 0.241 e. The van der Waals surface area contributed by atoms with E-state index in [2.05, 4.69) is 25.8 Å². The Kier molecular flexibility index (Phi) is 3.96. The standard InChI is InChI=1S/C18H16N6O/c25-18(9-10-24-17-8-4-3-7-16(17)21-23-24)22-20-12-13-11-19-15-6-2-1-5-14(13)15/h1-8,11-12,19H,9-10H2,(H,22,25)/b20-12-. The monoisotopic (exact) mass is 332 g/mol. The van der Waals surface area contributed by atoms with Gasteiger partial charge in [0.05, 0.1) is 18.3 Å². The lowest BCUT2D eigenvalue weighted by Gasteiger charge is -2.01. The number of aromatic nitrogens is 4. The summed E-state index contributed by atoms with van der Waals surface area (Å²) in [6.07, 6.45) is 3.78. The number of carbonyl (C=O) groups is 1. The molecule has 4 aromatic rings. The predicted octanol–water partition coefficient (Wildman–Crippen LogP) is 2.45. The van der Waals surface area contributed by atoms with Gasteiger partial charge in [-0.3, -0.25) is 4.79 Å². The minimum atomic E-state index is -0.171. The molecule has 0 fully saturated rings. The zero-order chi connectivity index (χ0) is 17.1. The van der Waals surface area contributed by atoms with Gasteiger partial charge >= 0.3 is 0 Å². The van der Waals surface area contributed by atoms with Gasteiger partial charge in [-0.2, -0.15) is 5.10 Å². The fourth-order valence-electron chi connectivity index (χ4n) is 2.72. The van der Waals surface area contributed by atoms with Crippen molar-refractivity contribution in [2.24, 2.45) is 5.10 Å². The first-order chi connectivity index (χ1) is 12.3. The maximum absolute atomic E-state index is 12.0. The van der Waals surface area contributed by atoms with Crippen LogP contribution in [0.1, 0.15) is 12.0 Å². The molecule has 0 radical (unpaired) electrons. The van der Waals surface area contributed by atoms with Gasteiger partial charge in [0.2, 0.25) is 5.91 Å². The number of hydrogen-bond donors (Lipinski definition) is 2. The highest BCUT2D eigenvalue weighted by Gasteiger charge is 2.06. The van der Waals surface area contributed by atoms with Crippen LogP contribution in [-0.4, -0.2) is 32.1 Å². The molecule has 0 saturated heterocycles. The van der Waals surface area contributed by atoms with Crippen molar-refractivity contribution in [2.45, 2.75) is 13.0 Å². The van der Waals surface area contributed by atoms with Crippen LogP contribution >= 0.6 is 0 Å². The summed E-state index contributed by atoms with van der Waals surface area (Å²) in [5.74, 6) is -0.171. The normalized spacial score (nSPS) is 11.5. The highest BCUT2D eigenvalue weighted by Crippen LogP contribution is 2.15. The molecule has 0 aliphatic carbocycles. The lowest BCUT2D eigenvalue weighted by Crippen LogP contribution is -2.19. The number of rotatable bonds is 5. The topological polar surface area (TPSA) is 88.0 Å². The molecular weight excluding hydrogens is 316 g/mol. The van der Waals surface area contributed by atoms with E-state index in [1.807, 2.05) is 54.7 Å². The zero-order valence-electron chi connectivity index (χ0n) is 13.4. The molecule has 2 N–H and O–H groups in total. The van der Waals surface area contributed by atoms with Crippen molar-refractivity contribution in [3.8, 4) is 0 Å². The van der Waals surface area contributed by atoms with Crippen LogP contribution in [0.4, 0.5) is 0 Å². The van der Waals surface area contributed by atoms with Crippen molar-refractivity contribution < 1.29 is 4.79 Å². The van der Waals surface area contributed by atoms with E-state index in [-0.39, 0.29) is 12.3 Å². The van der Waals surface area contributed by atoms with E-state index in [1.54, 1.807) is 10.9 Å². The third-order valence-electron chi connectivity index (χ3n) is 3.99. The molecule has 0 aliphatic heterocycles. The van der Waals surface area contributed by atoms with Gasteiger partial charge in [-0.25, -0.2) is 10.1 Å². The molecule has 1 amide bonds. The molecule has 4 rings (SSSR count). The Hall–Kier alpha value is -3.48. The van der Waals surface area contributed by atoms with Crippen LogP contribution < -0.4 is 5.43 Å². The Morgan fingerprint density at radius 3 is 3.00 bits per heavy atom. The number of nitrogens with one attached hydrogen (secondary N) is 2. The Morgan fingerprint density at radius 2 is 2.04 bits per heavy atom. The van der Waals surface area contributed by atoms with Gasteiger partial charge in [0.1, 0.15) is 5.52 Å². The molecule has 7 heteroatoms. The molecule has 0 aliphatic rings. The van der Waals surface area contributed by atoms with Gasteiger partial charge < -0.3 is 4.98 Å². The minimum absolute atomic E-state index is 0.171. The number of H-pyrrole nitrogens is 1. The molecule has 0 unspecified atom stereocenters. The maximum atomic E-state index is 12.0. The first-order valence-corrected chi connectivity index (χ1v) is 7.97. The second-order valence-electron chi connectivity index (χ2n) is 5.63. The summed E-state index contributed by atoms with van der Waals surface area (Å²) in [7, 11) is 0. The molecular formula is C18H16N6O. The van der Waals surface area contributed by atoms with E-state index in [1.165, 1.54) is 0 Å². The predicted molar refractivity (Wildman–Crippen MR) is 96.2 cm³/mol. The Morgan fingerprint density at radius 1 is 1.20 bits per heavy atom. The van der Waals surface area contributed by atoms with E-state index in [0.717, 1.165) is 27.5 Å². The number of aryl methyl sites for hydroxylation is 1. The summed E-state index contributed by atoms with van der Waals surface area (Å²) < 4.78 is 1.72. The molecule has 0 spiro atoms. The number of aromatic amines is 1.